The highest BCUT2D eigenvalue weighted by Crippen LogP contribution is 2.10. The van der Waals surface area contributed by atoms with E-state index in [4.69, 9.17) is 27.4 Å². The zero-order valence-electron chi connectivity index (χ0n) is 27.5. The molecule has 0 aliphatic heterocycles. The molecule has 0 aliphatic rings. The van der Waals surface area contributed by atoms with Gasteiger partial charge in [-0.15, -0.1) is 12.3 Å². The molecule has 3 amide bonds. The van der Waals surface area contributed by atoms with Crippen molar-refractivity contribution in [3.8, 4) is 12.3 Å². The van der Waals surface area contributed by atoms with Crippen molar-refractivity contribution < 1.29 is 28.7 Å². The number of nitrogens with one attached hydrogen (secondary N) is 3. The van der Waals surface area contributed by atoms with Gasteiger partial charge in [-0.2, -0.15) is 0 Å². The van der Waals surface area contributed by atoms with Crippen LogP contribution < -0.4 is 27.4 Å². The van der Waals surface area contributed by atoms with E-state index in [1.807, 2.05) is 31.2 Å². The lowest BCUT2D eigenvalue weighted by Gasteiger charge is -2.23. The lowest BCUT2D eigenvalue weighted by molar-refractivity contribution is -0.149. The van der Waals surface area contributed by atoms with E-state index in [2.05, 4.69) is 26.9 Å². The number of ether oxygens (including phenoxy) is 2. The second-order valence-electron chi connectivity index (χ2n) is 11.9. The zero-order chi connectivity index (χ0) is 34.0. The highest BCUT2D eigenvalue weighted by Gasteiger charge is 2.28. The van der Waals surface area contributed by atoms with Crippen LogP contribution in [0.3, 0.4) is 0 Å². The number of aryl methyl sites for hydroxylation is 1. The standard InChI is InChI=1S/C32H51N7O6/c1-8-12-25(37-27(40)24(33)13-11-20-35-30(34)39(6)7)28(41)38-26(14-9-10-19-36-31(43)45-32(3,4)5)29(42)44-21-23-17-15-22(2)16-18-23/h1,15-18,24-26H,9-14,19-21,33H2,2-7H3,(H2,34,35)(H,36,43)(H,37,40)(H,38,41)/t24-,25-,26-/m0/s1. The molecule has 0 radical (unpaired) electrons. The van der Waals surface area contributed by atoms with Crippen molar-refractivity contribution >= 4 is 29.8 Å². The molecular formula is C32H51N7O6. The van der Waals surface area contributed by atoms with Gasteiger partial charge in [-0.25, -0.2) is 9.59 Å². The number of esters is 1. The molecule has 0 aromatic heterocycles. The van der Waals surface area contributed by atoms with E-state index in [-0.39, 0.29) is 19.4 Å². The van der Waals surface area contributed by atoms with Gasteiger partial charge in [0.05, 0.1) is 6.04 Å². The van der Waals surface area contributed by atoms with E-state index in [1.165, 1.54) is 0 Å². The second kappa shape index (κ2) is 19.9. The molecule has 0 spiro atoms. The number of rotatable bonds is 17. The number of benzene rings is 1. The first-order valence-corrected chi connectivity index (χ1v) is 15.1. The molecule has 0 aliphatic carbocycles. The molecule has 1 aromatic rings. The quantitative estimate of drug-likeness (QED) is 0.0561. The Morgan fingerprint density at radius 2 is 1.64 bits per heavy atom. The summed E-state index contributed by atoms with van der Waals surface area (Å²) in [5.74, 6) is 0.926. The van der Waals surface area contributed by atoms with Gasteiger partial charge in [-0.1, -0.05) is 29.8 Å². The fraction of sp³-hybridized carbons (Fsp3) is 0.594. The van der Waals surface area contributed by atoms with Crippen molar-refractivity contribution in [1.82, 2.24) is 20.9 Å². The maximum absolute atomic E-state index is 13.2. The molecule has 7 N–H and O–H groups in total. The molecule has 0 bridgehead atoms. The molecule has 0 heterocycles. The van der Waals surface area contributed by atoms with Gasteiger partial charge in [0.1, 0.15) is 24.3 Å². The number of aliphatic imine (C=N–C) groups is 1. The lowest BCUT2D eigenvalue weighted by atomic mass is 10.1. The van der Waals surface area contributed by atoms with Gasteiger partial charge < -0.3 is 41.8 Å². The van der Waals surface area contributed by atoms with Gasteiger partial charge in [0.2, 0.25) is 11.8 Å². The Morgan fingerprint density at radius 1 is 1.00 bits per heavy atom. The summed E-state index contributed by atoms with van der Waals surface area (Å²) in [5.41, 5.74) is 13.0. The molecule has 250 valence electrons. The molecular weight excluding hydrogens is 578 g/mol. The first kappa shape index (κ1) is 38.7. The number of nitrogens with two attached hydrogens (primary N) is 2. The smallest absolute Gasteiger partial charge is 0.407 e. The fourth-order valence-electron chi connectivity index (χ4n) is 3.82. The number of nitrogens with zero attached hydrogens (tertiary/aromatic N) is 2. The number of unbranched alkanes of at least 4 members (excludes halogenated alkanes) is 1. The highest BCUT2D eigenvalue weighted by molar-refractivity contribution is 5.92. The van der Waals surface area contributed by atoms with Crippen LogP contribution in [0.5, 0.6) is 0 Å². The summed E-state index contributed by atoms with van der Waals surface area (Å²) in [4.78, 5) is 56.9. The fourth-order valence-corrected chi connectivity index (χ4v) is 3.82. The molecule has 1 rings (SSSR count). The Balaban J connectivity index is 2.82. The summed E-state index contributed by atoms with van der Waals surface area (Å²) < 4.78 is 10.7. The second-order valence-corrected chi connectivity index (χ2v) is 11.9. The minimum atomic E-state index is -1.11. The topological polar surface area (TPSA) is 190 Å². The van der Waals surface area contributed by atoms with Crippen molar-refractivity contribution in [2.75, 3.05) is 27.2 Å². The van der Waals surface area contributed by atoms with E-state index in [1.54, 1.807) is 39.8 Å². The Morgan fingerprint density at radius 3 is 2.24 bits per heavy atom. The highest BCUT2D eigenvalue weighted by atomic mass is 16.6. The van der Waals surface area contributed by atoms with Gasteiger partial charge in [-0.05, 0) is 65.4 Å². The Labute approximate surface area is 267 Å². The van der Waals surface area contributed by atoms with Crippen LogP contribution in [0.1, 0.15) is 70.4 Å². The first-order valence-electron chi connectivity index (χ1n) is 15.1. The third-order valence-corrected chi connectivity index (χ3v) is 6.39. The minimum absolute atomic E-state index is 0.0231. The first-order chi connectivity index (χ1) is 21.1. The minimum Gasteiger partial charge on any atom is -0.459 e. The molecule has 0 saturated carbocycles. The third kappa shape index (κ3) is 16.9. The van der Waals surface area contributed by atoms with E-state index in [0.717, 1.165) is 11.1 Å². The van der Waals surface area contributed by atoms with Crippen LogP contribution in [0.25, 0.3) is 0 Å². The normalized spacial score (nSPS) is 13.4. The monoisotopic (exact) mass is 629 g/mol. The number of guanidine groups is 1. The van der Waals surface area contributed by atoms with Crippen molar-refractivity contribution in [2.45, 2.75) is 96.6 Å². The van der Waals surface area contributed by atoms with E-state index < -0.39 is 47.6 Å². The molecule has 0 saturated heterocycles. The number of terminal acetylenes is 1. The summed E-state index contributed by atoms with van der Waals surface area (Å²) in [5, 5.41) is 7.95. The summed E-state index contributed by atoms with van der Waals surface area (Å²) >= 11 is 0. The van der Waals surface area contributed by atoms with Crippen molar-refractivity contribution in [3.63, 3.8) is 0 Å². The molecule has 1 aromatic carbocycles. The Kier molecular flexibility index (Phi) is 17.1. The molecule has 13 nitrogen and oxygen atoms in total. The predicted octanol–water partition coefficient (Wildman–Crippen LogP) is 1.71. The van der Waals surface area contributed by atoms with Crippen molar-refractivity contribution in [3.05, 3.63) is 35.4 Å². The van der Waals surface area contributed by atoms with Crippen LogP contribution >= 0.6 is 0 Å². The largest absolute Gasteiger partial charge is 0.459 e. The van der Waals surface area contributed by atoms with Crippen LogP contribution in [0.4, 0.5) is 4.79 Å². The summed E-state index contributed by atoms with van der Waals surface area (Å²) in [6.45, 7) is 7.98. The third-order valence-electron chi connectivity index (χ3n) is 6.39. The lowest BCUT2D eigenvalue weighted by Crippen LogP contribution is -2.54. The van der Waals surface area contributed by atoms with Gasteiger partial charge in [0.15, 0.2) is 5.96 Å². The van der Waals surface area contributed by atoms with Crippen LogP contribution in [0.15, 0.2) is 29.3 Å². The summed E-state index contributed by atoms with van der Waals surface area (Å²) in [6.07, 6.45) is 6.85. The van der Waals surface area contributed by atoms with Crippen molar-refractivity contribution in [1.29, 1.82) is 0 Å². The van der Waals surface area contributed by atoms with Crippen LogP contribution in [-0.2, 0) is 30.5 Å². The van der Waals surface area contributed by atoms with Crippen LogP contribution in [0.2, 0.25) is 0 Å². The van der Waals surface area contributed by atoms with Crippen LogP contribution in [0, 0.1) is 19.3 Å². The number of hydrogen-bond acceptors (Lipinski definition) is 8. The van der Waals surface area contributed by atoms with Crippen LogP contribution in [-0.4, -0.2) is 85.6 Å². The van der Waals surface area contributed by atoms with Gasteiger partial charge in [-0.3, -0.25) is 14.6 Å². The SMILES string of the molecule is C#CC[C@H](NC(=O)[C@@H](N)CCCN=C(N)N(C)C)C(=O)N[C@@H](CCCCNC(=O)OC(C)(C)C)C(=O)OCc1ccc(C)cc1. The van der Waals surface area contributed by atoms with Gasteiger partial charge in [0, 0.05) is 33.6 Å². The van der Waals surface area contributed by atoms with Gasteiger partial charge in [0.25, 0.3) is 0 Å². The molecule has 13 heteroatoms. The predicted molar refractivity (Wildman–Crippen MR) is 174 cm³/mol. The number of hydrogen-bond donors (Lipinski definition) is 5. The molecule has 0 unspecified atom stereocenters. The summed E-state index contributed by atoms with van der Waals surface area (Å²) in [6, 6.07) is 4.48. The number of amides is 3. The van der Waals surface area contributed by atoms with E-state index in [0.29, 0.717) is 44.7 Å². The average Bonchev–Trinajstić information content (AvgIpc) is 2.96. The molecule has 45 heavy (non-hydrogen) atoms. The Hall–Kier alpha value is -4.31. The van der Waals surface area contributed by atoms with E-state index in [9.17, 15) is 19.2 Å². The molecule has 0 fully saturated rings. The van der Waals surface area contributed by atoms with E-state index >= 15 is 0 Å². The number of carbonyl (C=O) groups is 4. The van der Waals surface area contributed by atoms with Crippen molar-refractivity contribution in [2.24, 2.45) is 16.5 Å². The maximum atomic E-state index is 13.2. The molecule has 3 atom stereocenters. The van der Waals surface area contributed by atoms with Gasteiger partial charge >= 0.3 is 12.1 Å². The zero-order valence-corrected chi connectivity index (χ0v) is 27.5. The summed E-state index contributed by atoms with van der Waals surface area (Å²) in [7, 11) is 3.54. The Bertz CT molecular complexity index is 1170. The number of alkyl carbamates (subject to hydrolysis) is 1. The number of carbonyl (C=O) groups excluding carboxylic acids is 4. The maximum Gasteiger partial charge on any atom is 0.407 e. The average molecular weight is 630 g/mol.